The van der Waals surface area contributed by atoms with E-state index in [2.05, 4.69) is 10.1 Å². The van der Waals surface area contributed by atoms with Crippen LogP contribution in [0.15, 0.2) is 53.8 Å². The van der Waals surface area contributed by atoms with Crippen LogP contribution in [0.25, 0.3) is 11.3 Å². The molecule has 0 aliphatic carbocycles. The van der Waals surface area contributed by atoms with Crippen molar-refractivity contribution in [2.24, 2.45) is 0 Å². The molecule has 0 bridgehead atoms. The van der Waals surface area contributed by atoms with Crippen LogP contribution in [-0.2, 0) is 16.2 Å². The lowest BCUT2D eigenvalue weighted by molar-refractivity contribution is -0.137. The Labute approximate surface area is 168 Å². The van der Waals surface area contributed by atoms with Gasteiger partial charge in [0.25, 0.3) is 10.0 Å². The summed E-state index contributed by atoms with van der Waals surface area (Å²) in [6, 6.07) is 5.44. The highest BCUT2D eigenvalue weighted by Gasteiger charge is 2.31. The number of alkyl halides is 3. The molecule has 0 atom stereocenters. The molecule has 12 heteroatoms. The monoisotopic (exact) mass is 444 g/mol. The predicted molar refractivity (Wildman–Crippen MR) is 97.8 cm³/mol. The van der Waals surface area contributed by atoms with Gasteiger partial charge in [0.2, 0.25) is 0 Å². The Kier molecular flexibility index (Phi) is 5.37. The van der Waals surface area contributed by atoms with E-state index in [1.165, 1.54) is 12.1 Å². The predicted octanol–water partition coefficient (Wildman–Crippen LogP) is 3.87. The van der Waals surface area contributed by atoms with E-state index < -0.39 is 27.8 Å². The number of amides is 1. The summed E-state index contributed by atoms with van der Waals surface area (Å²) in [5.41, 5.74) is -0.0970. The van der Waals surface area contributed by atoms with Gasteiger partial charge in [-0.2, -0.15) is 23.0 Å². The number of nitrogens with one attached hydrogen (secondary N) is 1. The molecule has 1 aromatic carbocycles. The molecule has 1 N–H and O–H groups in total. The average molecular weight is 445 g/mol. The van der Waals surface area contributed by atoms with Gasteiger partial charge in [0.1, 0.15) is 0 Å². The van der Waals surface area contributed by atoms with Gasteiger partial charge in [0.05, 0.1) is 27.4 Å². The number of hydrogen-bond acceptors (Lipinski definition) is 5. The third-order valence-electron chi connectivity index (χ3n) is 3.79. The van der Waals surface area contributed by atoms with E-state index in [-0.39, 0.29) is 21.2 Å². The smallest absolute Gasteiger partial charge is 0.254 e. The number of rotatable bonds is 3. The van der Waals surface area contributed by atoms with E-state index in [9.17, 15) is 26.4 Å². The summed E-state index contributed by atoms with van der Waals surface area (Å²) in [5.74, 6) is 0. The second-order valence-electron chi connectivity index (χ2n) is 5.95. The Bertz CT molecular complexity index is 1180. The molecule has 0 saturated carbocycles. The number of halogens is 4. The van der Waals surface area contributed by atoms with Crippen LogP contribution in [0.4, 0.5) is 18.0 Å². The van der Waals surface area contributed by atoms with Crippen molar-refractivity contribution in [3.8, 4) is 11.3 Å². The molecule has 2 aromatic heterocycles. The molecule has 7 nitrogen and oxygen atoms in total. The van der Waals surface area contributed by atoms with Gasteiger partial charge in [0.15, 0.2) is 0 Å². The van der Waals surface area contributed by atoms with E-state index in [0.29, 0.717) is 16.9 Å². The van der Waals surface area contributed by atoms with Gasteiger partial charge in [-0.05, 0) is 25.1 Å². The van der Waals surface area contributed by atoms with Crippen molar-refractivity contribution < 1.29 is 26.4 Å². The van der Waals surface area contributed by atoms with Crippen LogP contribution >= 0.6 is 11.6 Å². The van der Waals surface area contributed by atoms with Crippen LogP contribution in [0, 0.1) is 6.92 Å². The largest absolute Gasteiger partial charge is 0.417 e. The van der Waals surface area contributed by atoms with Gasteiger partial charge >= 0.3 is 12.2 Å². The highest BCUT2D eigenvalue weighted by molar-refractivity contribution is 7.90. The average Bonchev–Trinajstić information content (AvgIpc) is 3.11. The minimum Gasteiger partial charge on any atom is -0.254 e. The van der Waals surface area contributed by atoms with E-state index in [0.717, 1.165) is 18.0 Å². The summed E-state index contributed by atoms with van der Waals surface area (Å²) in [4.78, 5) is 15.8. The number of hydrogen-bond donors (Lipinski definition) is 1. The zero-order chi connectivity index (χ0) is 21.4. The molecule has 0 spiro atoms. The first-order valence-corrected chi connectivity index (χ1v) is 9.75. The first-order chi connectivity index (χ1) is 13.5. The third-order valence-corrected chi connectivity index (χ3v) is 5.41. The number of nitrogens with zero attached hydrogens (tertiary/aromatic N) is 3. The summed E-state index contributed by atoms with van der Waals surface area (Å²) in [7, 11) is -4.14. The summed E-state index contributed by atoms with van der Waals surface area (Å²) in [6.07, 6.45) is -1.79. The topological polar surface area (TPSA) is 94.0 Å². The second-order valence-corrected chi connectivity index (χ2v) is 8.04. The molecule has 29 heavy (non-hydrogen) atoms. The summed E-state index contributed by atoms with van der Waals surface area (Å²) < 4.78 is 65.2. The van der Waals surface area contributed by atoms with E-state index in [1.54, 1.807) is 19.1 Å². The number of aryl methyl sites for hydroxylation is 1. The zero-order valence-electron chi connectivity index (χ0n) is 14.6. The lowest BCUT2D eigenvalue weighted by Gasteiger charge is -2.08. The maximum atomic E-state index is 12.7. The molecular weight excluding hydrogens is 433 g/mol. The Balaban J connectivity index is 1.83. The van der Waals surface area contributed by atoms with Crippen molar-refractivity contribution in [3.63, 3.8) is 0 Å². The molecule has 0 saturated heterocycles. The lowest BCUT2D eigenvalue weighted by Crippen LogP contribution is -2.34. The summed E-state index contributed by atoms with van der Waals surface area (Å²) >= 11 is 5.86. The van der Waals surface area contributed by atoms with Crippen LogP contribution < -0.4 is 4.72 Å². The standard InChI is InChI=1S/C17H12ClF3N4O3S/c1-10-2-4-13(5-3-10)29(27,28)24-16(26)25-9-11(7-23-25)15-14(18)6-12(8-22-15)17(19,20)21/h2-9H,1H3,(H,24,26). The molecule has 0 unspecified atom stereocenters. The van der Waals surface area contributed by atoms with E-state index in [4.69, 9.17) is 11.6 Å². The first-order valence-electron chi connectivity index (χ1n) is 7.89. The molecular formula is C17H12ClF3N4O3S. The molecule has 152 valence electrons. The second kappa shape index (κ2) is 7.48. The van der Waals surface area contributed by atoms with Crippen molar-refractivity contribution >= 4 is 27.7 Å². The Morgan fingerprint density at radius 2 is 1.83 bits per heavy atom. The van der Waals surface area contributed by atoms with Crippen LogP contribution in [0.1, 0.15) is 11.1 Å². The Morgan fingerprint density at radius 3 is 2.41 bits per heavy atom. The molecule has 3 rings (SSSR count). The SMILES string of the molecule is Cc1ccc(S(=O)(=O)NC(=O)n2cc(-c3ncc(C(F)(F)F)cc3Cl)cn2)cc1. The zero-order valence-corrected chi connectivity index (χ0v) is 16.2. The van der Waals surface area contributed by atoms with Crippen molar-refractivity contribution in [1.29, 1.82) is 0 Å². The number of aromatic nitrogens is 3. The fraction of sp³-hybridized carbons (Fsp3) is 0.118. The van der Waals surface area contributed by atoms with Gasteiger partial charge in [-0.25, -0.2) is 17.9 Å². The Morgan fingerprint density at radius 1 is 1.17 bits per heavy atom. The van der Waals surface area contributed by atoms with Crippen LogP contribution in [-0.4, -0.2) is 29.2 Å². The van der Waals surface area contributed by atoms with E-state index in [1.807, 2.05) is 4.72 Å². The lowest BCUT2D eigenvalue weighted by atomic mass is 10.2. The minimum atomic E-state index is -4.61. The van der Waals surface area contributed by atoms with Crippen LogP contribution in [0.2, 0.25) is 5.02 Å². The molecule has 1 amide bonds. The van der Waals surface area contributed by atoms with Crippen molar-refractivity contribution in [3.05, 3.63) is 65.1 Å². The molecule has 0 aliphatic rings. The van der Waals surface area contributed by atoms with Crippen LogP contribution in [0.5, 0.6) is 0 Å². The van der Waals surface area contributed by atoms with Crippen LogP contribution in [0.3, 0.4) is 0 Å². The number of carbonyl (C=O) groups is 1. The molecule has 2 heterocycles. The molecule has 0 radical (unpaired) electrons. The highest BCUT2D eigenvalue weighted by atomic mass is 35.5. The van der Waals surface area contributed by atoms with Crippen molar-refractivity contribution in [1.82, 2.24) is 19.5 Å². The highest BCUT2D eigenvalue weighted by Crippen LogP contribution is 2.33. The van der Waals surface area contributed by atoms with Gasteiger partial charge in [-0.15, -0.1) is 0 Å². The third kappa shape index (κ3) is 4.57. The summed E-state index contributed by atoms with van der Waals surface area (Å²) in [5, 5.41) is 3.42. The van der Waals surface area contributed by atoms with Crippen molar-refractivity contribution in [2.75, 3.05) is 0 Å². The fourth-order valence-electron chi connectivity index (χ4n) is 2.30. The number of benzene rings is 1. The summed E-state index contributed by atoms with van der Waals surface area (Å²) in [6.45, 7) is 1.78. The number of pyridine rings is 1. The molecule has 0 aliphatic heterocycles. The Hall–Kier alpha value is -2.92. The fourth-order valence-corrected chi connectivity index (χ4v) is 3.51. The first kappa shape index (κ1) is 20.8. The normalized spacial score (nSPS) is 12.0. The van der Waals surface area contributed by atoms with Gasteiger partial charge in [0, 0.05) is 18.0 Å². The maximum Gasteiger partial charge on any atom is 0.417 e. The minimum absolute atomic E-state index is 0.0416. The van der Waals surface area contributed by atoms with Crippen molar-refractivity contribution in [2.45, 2.75) is 18.0 Å². The van der Waals surface area contributed by atoms with E-state index >= 15 is 0 Å². The maximum absolute atomic E-state index is 12.7. The molecule has 0 fully saturated rings. The molecule has 3 aromatic rings. The number of sulfonamides is 1. The van der Waals surface area contributed by atoms with Gasteiger partial charge < -0.3 is 0 Å². The quantitative estimate of drug-likeness (QED) is 0.661. The van der Waals surface area contributed by atoms with Gasteiger partial charge in [-0.3, -0.25) is 4.98 Å². The van der Waals surface area contributed by atoms with Gasteiger partial charge in [-0.1, -0.05) is 29.3 Å². The number of carbonyl (C=O) groups excluding carboxylic acids is 1.